The van der Waals surface area contributed by atoms with Crippen LogP contribution in [0, 0.1) is 12.8 Å². The first-order chi connectivity index (χ1) is 14.9. The van der Waals surface area contributed by atoms with Crippen molar-refractivity contribution in [3.05, 3.63) is 65.9 Å². The molecule has 0 unspecified atom stereocenters. The maximum Gasteiger partial charge on any atom is 0.262 e. The number of carbonyl (C=O) groups is 2. The summed E-state index contributed by atoms with van der Waals surface area (Å²) in [5.74, 6) is 0.135. The highest BCUT2D eigenvalue weighted by Gasteiger charge is 2.22. The fourth-order valence-electron chi connectivity index (χ4n) is 3.24. The maximum atomic E-state index is 12.6. The monoisotopic (exact) mass is 420 g/mol. The van der Waals surface area contributed by atoms with Crippen molar-refractivity contribution in [2.75, 3.05) is 6.61 Å². The summed E-state index contributed by atoms with van der Waals surface area (Å²) in [6.45, 7) is 5.73. The lowest BCUT2D eigenvalue weighted by Gasteiger charge is -2.19. The van der Waals surface area contributed by atoms with Gasteiger partial charge >= 0.3 is 0 Å². The van der Waals surface area contributed by atoms with Crippen LogP contribution in [0.4, 0.5) is 0 Å². The molecule has 7 heteroatoms. The zero-order chi connectivity index (χ0) is 22.2. The van der Waals surface area contributed by atoms with Crippen molar-refractivity contribution in [1.29, 1.82) is 0 Å². The molecule has 0 saturated heterocycles. The van der Waals surface area contributed by atoms with Crippen LogP contribution in [0.5, 0.6) is 5.75 Å². The number of rotatable bonds is 9. The van der Waals surface area contributed by atoms with Gasteiger partial charge in [0.1, 0.15) is 11.8 Å². The Labute approximate surface area is 181 Å². The molecule has 7 nitrogen and oxygen atoms in total. The average Bonchev–Trinajstić information content (AvgIpc) is 3.15. The quantitative estimate of drug-likeness (QED) is 0.365. The molecular weight excluding hydrogens is 392 g/mol. The van der Waals surface area contributed by atoms with E-state index in [-0.39, 0.29) is 24.3 Å². The Morgan fingerprint density at radius 2 is 1.87 bits per heavy atom. The van der Waals surface area contributed by atoms with Crippen LogP contribution in [0.2, 0.25) is 0 Å². The number of aromatic amines is 1. The molecular formula is C24H28N4O3. The number of H-pyrrole nitrogens is 1. The van der Waals surface area contributed by atoms with Gasteiger partial charge in [0.15, 0.2) is 6.61 Å². The highest BCUT2D eigenvalue weighted by atomic mass is 16.5. The molecule has 0 saturated carbocycles. The second kappa shape index (κ2) is 10.4. The van der Waals surface area contributed by atoms with Crippen LogP contribution in [0.1, 0.15) is 31.4 Å². The Hall–Kier alpha value is -3.61. The molecule has 3 N–H and O–H groups in total. The van der Waals surface area contributed by atoms with E-state index in [1.165, 1.54) is 0 Å². The van der Waals surface area contributed by atoms with Crippen LogP contribution < -0.4 is 15.5 Å². The number of ether oxygens (including phenoxy) is 1. The summed E-state index contributed by atoms with van der Waals surface area (Å²) >= 11 is 0. The van der Waals surface area contributed by atoms with Crippen molar-refractivity contribution in [1.82, 2.24) is 15.7 Å². The fraction of sp³-hybridized carbons (Fsp3) is 0.292. The van der Waals surface area contributed by atoms with E-state index in [1.54, 1.807) is 12.3 Å². The van der Waals surface area contributed by atoms with E-state index in [1.807, 2.05) is 69.4 Å². The van der Waals surface area contributed by atoms with Gasteiger partial charge in [-0.15, -0.1) is 0 Å². The lowest BCUT2D eigenvalue weighted by atomic mass is 10.0. The number of hydrogen-bond donors (Lipinski definition) is 3. The van der Waals surface area contributed by atoms with E-state index >= 15 is 0 Å². The van der Waals surface area contributed by atoms with Crippen LogP contribution in [0.3, 0.4) is 0 Å². The van der Waals surface area contributed by atoms with E-state index in [0.29, 0.717) is 12.2 Å². The smallest absolute Gasteiger partial charge is 0.262 e. The van der Waals surface area contributed by atoms with Crippen LogP contribution in [0.25, 0.3) is 10.9 Å². The van der Waals surface area contributed by atoms with E-state index < -0.39 is 6.04 Å². The normalized spacial score (nSPS) is 12.3. The molecule has 2 amide bonds. The lowest BCUT2D eigenvalue weighted by molar-refractivity contribution is -0.130. The van der Waals surface area contributed by atoms with Gasteiger partial charge in [-0.05, 0) is 37.0 Å². The molecule has 0 aliphatic rings. The number of hydrogen-bond acceptors (Lipinski definition) is 4. The number of para-hydroxylation sites is 2. The Morgan fingerprint density at radius 1 is 1.13 bits per heavy atom. The number of fused-ring (bicyclic) bond motifs is 1. The average molecular weight is 421 g/mol. The molecule has 0 radical (unpaired) electrons. The number of hydrazone groups is 1. The molecule has 2 aromatic carbocycles. The molecule has 31 heavy (non-hydrogen) atoms. The van der Waals surface area contributed by atoms with Gasteiger partial charge in [0.05, 0.1) is 6.21 Å². The number of nitrogens with zero attached hydrogens (tertiary/aromatic N) is 1. The summed E-state index contributed by atoms with van der Waals surface area (Å²) in [6, 6.07) is 14.6. The Morgan fingerprint density at radius 3 is 2.65 bits per heavy atom. The summed E-state index contributed by atoms with van der Waals surface area (Å²) in [7, 11) is 0. The van der Waals surface area contributed by atoms with Gasteiger partial charge in [0.2, 0.25) is 0 Å². The first kappa shape index (κ1) is 22.1. The van der Waals surface area contributed by atoms with Crippen LogP contribution in [0.15, 0.2) is 59.8 Å². The highest BCUT2D eigenvalue weighted by molar-refractivity contribution is 5.99. The molecule has 3 rings (SSSR count). The summed E-state index contributed by atoms with van der Waals surface area (Å²) in [5, 5.41) is 7.85. The summed E-state index contributed by atoms with van der Waals surface area (Å²) in [5.41, 5.74) is 5.35. The van der Waals surface area contributed by atoms with Gasteiger partial charge < -0.3 is 15.0 Å². The zero-order valence-corrected chi connectivity index (χ0v) is 18.0. The predicted octanol–water partition coefficient (Wildman–Crippen LogP) is 3.54. The van der Waals surface area contributed by atoms with E-state index in [2.05, 4.69) is 20.8 Å². The number of amides is 2. The first-order valence-electron chi connectivity index (χ1n) is 10.3. The highest BCUT2D eigenvalue weighted by Crippen LogP contribution is 2.16. The number of benzene rings is 2. The standard InChI is InChI=1S/C24H28N4O3/c1-16(2)12-21(27-23(29)15-31-22-11-7-4-8-17(22)3)24(30)28-26-14-18-13-25-20-10-6-5-9-19(18)20/h4-11,13-14,16,21,25H,12,15H2,1-3H3,(H,27,29)(H,28,30)/b26-14-/t21-/m1/s1. The Balaban J connectivity index is 1.58. The van der Waals surface area contributed by atoms with Gasteiger partial charge in [-0.3, -0.25) is 9.59 Å². The largest absolute Gasteiger partial charge is 0.484 e. The third kappa shape index (κ3) is 6.18. The zero-order valence-electron chi connectivity index (χ0n) is 18.0. The fourth-order valence-corrected chi connectivity index (χ4v) is 3.24. The minimum absolute atomic E-state index is 0.161. The molecule has 0 fully saturated rings. The number of carbonyl (C=O) groups excluding carboxylic acids is 2. The summed E-state index contributed by atoms with van der Waals surface area (Å²) < 4.78 is 5.58. The number of aryl methyl sites for hydroxylation is 1. The van der Waals surface area contributed by atoms with Gasteiger partial charge in [-0.2, -0.15) is 5.10 Å². The lowest BCUT2D eigenvalue weighted by Crippen LogP contribution is -2.47. The molecule has 0 aliphatic carbocycles. The molecule has 3 aromatic rings. The number of aromatic nitrogens is 1. The van der Waals surface area contributed by atoms with Gasteiger partial charge in [0, 0.05) is 22.7 Å². The van der Waals surface area contributed by atoms with Crippen LogP contribution in [-0.4, -0.2) is 35.7 Å². The minimum atomic E-state index is -0.701. The summed E-state index contributed by atoms with van der Waals surface area (Å²) in [4.78, 5) is 28.2. The minimum Gasteiger partial charge on any atom is -0.484 e. The van der Waals surface area contributed by atoms with Crippen molar-refractivity contribution < 1.29 is 14.3 Å². The molecule has 1 heterocycles. The van der Waals surface area contributed by atoms with Crippen molar-refractivity contribution >= 4 is 28.9 Å². The maximum absolute atomic E-state index is 12.6. The Kier molecular flexibility index (Phi) is 7.43. The molecule has 0 aliphatic heterocycles. The van der Waals surface area contributed by atoms with Crippen LogP contribution in [-0.2, 0) is 9.59 Å². The third-order valence-corrected chi connectivity index (χ3v) is 4.81. The van der Waals surface area contributed by atoms with Crippen molar-refractivity contribution in [2.45, 2.75) is 33.2 Å². The molecule has 0 spiro atoms. The van der Waals surface area contributed by atoms with Gasteiger partial charge in [0.25, 0.3) is 11.8 Å². The van der Waals surface area contributed by atoms with Gasteiger partial charge in [-0.25, -0.2) is 5.43 Å². The molecule has 1 atom stereocenters. The molecule has 0 bridgehead atoms. The van der Waals surface area contributed by atoms with E-state index in [0.717, 1.165) is 22.0 Å². The molecule has 162 valence electrons. The first-order valence-corrected chi connectivity index (χ1v) is 10.3. The van der Waals surface area contributed by atoms with Gasteiger partial charge in [-0.1, -0.05) is 50.2 Å². The van der Waals surface area contributed by atoms with E-state index in [4.69, 9.17) is 4.74 Å². The SMILES string of the molecule is Cc1ccccc1OCC(=O)N[C@H](CC(C)C)C(=O)N/N=C\c1c[nH]c2ccccc12. The Bertz CT molecular complexity index is 1070. The predicted molar refractivity (Wildman–Crippen MR) is 122 cm³/mol. The second-order valence-corrected chi connectivity index (χ2v) is 7.83. The van der Waals surface area contributed by atoms with Crippen molar-refractivity contribution in [2.24, 2.45) is 11.0 Å². The summed E-state index contributed by atoms with van der Waals surface area (Å²) in [6.07, 6.45) is 3.91. The number of nitrogens with one attached hydrogen (secondary N) is 3. The topological polar surface area (TPSA) is 95.6 Å². The van der Waals surface area contributed by atoms with Crippen LogP contribution >= 0.6 is 0 Å². The van der Waals surface area contributed by atoms with Crippen molar-refractivity contribution in [3.8, 4) is 5.75 Å². The van der Waals surface area contributed by atoms with Crippen molar-refractivity contribution in [3.63, 3.8) is 0 Å². The third-order valence-electron chi connectivity index (χ3n) is 4.81. The molecule has 1 aromatic heterocycles. The second-order valence-electron chi connectivity index (χ2n) is 7.83. The van der Waals surface area contributed by atoms with E-state index in [9.17, 15) is 9.59 Å².